The van der Waals surface area contributed by atoms with Crippen LogP contribution in [0.15, 0.2) is 158 Å². The maximum absolute atomic E-state index is 14.2. The summed E-state index contributed by atoms with van der Waals surface area (Å²) in [5.41, 5.74) is 4.35. The maximum atomic E-state index is 14.2. The van der Waals surface area contributed by atoms with Crippen LogP contribution in [0.2, 0.25) is 0 Å². The predicted molar refractivity (Wildman–Crippen MR) is 176 cm³/mol. The second kappa shape index (κ2) is 11.4. The fraction of sp³-hybridized carbons (Fsp3) is 0. The van der Waals surface area contributed by atoms with Crippen molar-refractivity contribution in [3.63, 3.8) is 0 Å². The van der Waals surface area contributed by atoms with Crippen LogP contribution in [-0.2, 0) is 0 Å². The summed E-state index contributed by atoms with van der Waals surface area (Å²) >= 11 is 0. The molecular weight excluding hydrogens is 568 g/mol. The van der Waals surface area contributed by atoms with E-state index in [1.807, 2.05) is 24.5 Å². The van der Waals surface area contributed by atoms with Crippen molar-refractivity contribution in [2.75, 3.05) is 0 Å². The lowest BCUT2D eigenvalue weighted by Gasteiger charge is -2.34. The average molecular weight is 594 g/mol. The highest BCUT2D eigenvalue weighted by molar-refractivity contribution is 7.19. The molecule has 0 aliphatic carbocycles. The molecule has 0 fully saturated rings. The molecule has 0 aliphatic heterocycles. The van der Waals surface area contributed by atoms with Crippen LogP contribution in [0.1, 0.15) is 0 Å². The zero-order chi connectivity index (χ0) is 30.1. The van der Waals surface area contributed by atoms with Crippen molar-refractivity contribution in [2.24, 2.45) is 0 Å². The Morgan fingerprint density at radius 2 is 0.909 bits per heavy atom. The normalized spacial score (nSPS) is 11.5. The summed E-state index contributed by atoms with van der Waals surface area (Å²) in [5, 5.41) is 5.99. The highest BCUT2D eigenvalue weighted by Crippen LogP contribution is 2.31. The van der Waals surface area contributed by atoms with E-state index in [9.17, 15) is 13.2 Å². The SMILES string of the molecule is Fc1ccc([Si](c2ccc(F)cc2)(c2ccc(F)cc2)c2ccc(-c3cccc(-c4cccc5cnccc45)c3)cc2)cc1. The van der Waals surface area contributed by atoms with Gasteiger partial charge in [-0.3, -0.25) is 4.98 Å². The summed E-state index contributed by atoms with van der Waals surface area (Å²) in [6.45, 7) is 0. The van der Waals surface area contributed by atoms with Gasteiger partial charge in [0.1, 0.15) is 17.5 Å². The Morgan fingerprint density at radius 3 is 1.45 bits per heavy atom. The van der Waals surface area contributed by atoms with Gasteiger partial charge in [0.25, 0.3) is 0 Å². The number of aromatic nitrogens is 1. The first-order valence-corrected chi connectivity index (χ1v) is 16.3. The molecule has 0 amide bonds. The van der Waals surface area contributed by atoms with Crippen molar-refractivity contribution >= 4 is 39.6 Å². The summed E-state index contributed by atoms with van der Waals surface area (Å²) in [4.78, 5) is 4.27. The molecule has 0 bridgehead atoms. The van der Waals surface area contributed by atoms with Crippen molar-refractivity contribution in [2.45, 2.75) is 0 Å². The molecule has 6 aromatic carbocycles. The lowest BCUT2D eigenvalue weighted by Crippen LogP contribution is -2.74. The first-order valence-electron chi connectivity index (χ1n) is 14.3. The monoisotopic (exact) mass is 593 g/mol. The molecule has 5 heteroatoms. The Balaban J connectivity index is 1.39. The van der Waals surface area contributed by atoms with Gasteiger partial charge in [0, 0.05) is 17.8 Å². The Morgan fingerprint density at radius 1 is 0.432 bits per heavy atom. The quantitative estimate of drug-likeness (QED) is 0.145. The second-order valence-electron chi connectivity index (χ2n) is 10.8. The van der Waals surface area contributed by atoms with Crippen LogP contribution < -0.4 is 20.7 Å². The number of nitrogens with zero attached hydrogens (tertiary/aromatic N) is 1. The molecule has 0 aliphatic rings. The highest BCUT2D eigenvalue weighted by atomic mass is 28.3. The lowest BCUT2D eigenvalue weighted by atomic mass is 9.96. The summed E-state index contributed by atoms with van der Waals surface area (Å²) in [6.07, 6.45) is 3.69. The van der Waals surface area contributed by atoms with Crippen molar-refractivity contribution in [1.29, 1.82) is 0 Å². The van der Waals surface area contributed by atoms with E-state index in [-0.39, 0.29) is 17.5 Å². The van der Waals surface area contributed by atoms with Gasteiger partial charge in [0.15, 0.2) is 8.07 Å². The standard InChI is InChI=1S/C39H26F3NSi/c40-31-9-17-35(18-10-31)44(36-19-11-32(41)12-20-36,37-21-13-33(42)14-22-37)34-15-7-27(8-16-34)28-3-1-4-29(25-28)38-6-2-5-30-26-43-24-23-39(30)38/h1-26H. The van der Waals surface area contributed by atoms with E-state index in [4.69, 9.17) is 0 Å². The third kappa shape index (κ3) is 4.91. The average Bonchev–Trinajstić information content (AvgIpc) is 3.07. The van der Waals surface area contributed by atoms with Crippen LogP contribution in [0.5, 0.6) is 0 Å². The molecule has 0 saturated carbocycles. The minimum Gasteiger partial charge on any atom is -0.264 e. The molecule has 0 atom stereocenters. The van der Waals surface area contributed by atoms with Crippen LogP contribution in [0.4, 0.5) is 13.2 Å². The van der Waals surface area contributed by atoms with E-state index in [0.29, 0.717) is 0 Å². The molecule has 1 nitrogen and oxygen atoms in total. The smallest absolute Gasteiger partial charge is 0.179 e. The Bertz CT molecular complexity index is 1960. The number of hydrogen-bond donors (Lipinski definition) is 0. The van der Waals surface area contributed by atoms with Crippen LogP contribution in [-0.4, -0.2) is 13.1 Å². The zero-order valence-corrected chi connectivity index (χ0v) is 24.6. The van der Waals surface area contributed by atoms with Gasteiger partial charge >= 0.3 is 0 Å². The molecule has 7 rings (SSSR count). The molecule has 0 N–H and O–H groups in total. The van der Waals surface area contributed by atoms with Crippen molar-refractivity contribution in [1.82, 2.24) is 4.98 Å². The summed E-state index contributed by atoms with van der Waals surface area (Å²) in [7, 11) is -3.09. The molecule has 0 radical (unpaired) electrons. The summed E-state index contributed by atoms with van der Waals surface area (Å²) < 4.78 is 42.6. The molecule has 1 heterocycles. The van der Waals surface area contributed by atoms with Gasteiger partial charge < -0.3 is 0 Å². The van der Waals surface area contributed by atoms with Gasteiger partial charge in [-0.05, 0) is 96.9 Å². The van der Waals surface area contributed by atoms with Crippen molar-refractivity contribution in [3.8, 4) is 22.3 Å². The van der Waals surface area contributed by atoms with Gasteiger partial charge in [-0.1, -0.05) is 97.1 Å². The second-order valence-corrected chi connectivity index (χ2v) is 14.6. The number of benzene rings is 6. The first kappa shape index (κ1) is 27.6. The molecule has 0 saturated heterocycles. The predicted octanol–water partition coefficient (Wildman–Crippen LogP) is 7.36. The fourth-order valence-corrected chi connectivity index (χ4v) is 10.9. The van der Waals surface area contributed by atoms with Gasteiger partial charge in [-0.2, -0.15) is 0 Å². The lowest BCUT2D eigenvalue weighted by molar-refractivity contribution is 0.628. The van der Waals surface area contributed by atoms with E-state index in [2.05, 4.69) is 65.6 Å². The third-order valence-corrected chi connectivity index (χ3v) is 13.1. The summed E-state index contributed by atoms with van der Waals surface area (Å²) in [5.74, 6) is -1.02. The van der Waals surface area contributed by atoms with Gasteiger partial charge in [0.05, 0.1) is 0 Å². The number of rotatable bonds is 6. The molecule has 1 aromatic heterocycles. The number of halogens is 3. The minimum atomic E-state index is -3.09. The molecule has 44 heavy (non-hydrogen) atoms. The molecule has 212 valence electrons. The summed E-state index contributed by atoms with van der Waals surface area (Å²) in [6, 6.07) is 44.6. The molecule has 0 spiro atoms. The number of hydrogen-bond acceptors (Lipinski definition) is 1. The fourth-order valence-electron chi connectivity index (χ4n) is 6.25. The maximum Gasteiger partial charge on any atom is 0.179 e. The Labute approximate surface area is 254 Å². The molecule has 0 unspecified atom stereocenters. The van der Waals surface area contributed by atoms with Crippen LogP contribution >= 0.6 is 0 Å². The van der Waals surface area contributed by atoms with Crippen LogP contribution in [0, 0.1) is 17.5 Å². The Hall–Kier alpha value is -5.26. The van der Waals surface area contributed by atoms with Gasteiger partial charge in [0.2, 0.25) is 0 Å². The van der Waals surface area contributed by atoms with E-state index in [1.165, 1.54) is 36.4 Å². The van der Waals surface area contributed by atoms with Crippen LogP contribution in [0.3, 0.4) is 0 Å². The highest BCUT2D eigenvalue weighted by Gasteiger charge is 2.41. The number of fused-ring (bicyclic) bond motifs is 1. The van der Waals surface area contributed by atoms with E-state index in [0.717, 1.165) is 53.8 Å². The van der Waals surface area contributed by atoms with Crippen molar-refractivity contribution < 1.29 is 13.2 Å². The minimum absolute atomic E-state index is 0.340. The number of pyridine rings is 1. The largest absolute Gasteiger partial charge is 0.264 e. The molecular formula is C39H26F3NSi. The van der Waals surface area contributed by atoms with Gasteiger partial charge in [-0.15, -0.1) is 0 Å². The Kier molecular flexibility index (Phi) is 7.16. The molecule has 7 aromatic rings. The van der Waals surface area contributed by atoms with Crippen molar-refractivity contribution in [3.05, 3.63) is 175 Å². The third-order valence-electron chi connectivity index (χ3n) is 8.34. The topological polar surface area (TPSA) is 12.9 Å². The van der Waals surface area contributed by atoms with Crippen LogP contribution in [0.25, 0.3) is 33.0 Å². The van der Waals surface area contributed by atoms with Gasteiger partial charge in [-0.25, -0.2) is 13.2 Å². The zero-order valence-electron chi connectivity index (χ0n) is 23.6. The van der Waals surface area contributed by atoms with E-state index in [1.54, 1.807) is 36.4 Å². The first-order chi connectivity index (χ1) is 21.5. The van der Waals surface area contributed by atoms with E-state index < -0.39 is 8.07 Å². The van der Waals surface area contributed by atoms with E-state index >= 15 is 0 Å².